The van der Waals surface area contributed by atoms with Crippen LogP contribution in [0.2, 0.25) is 0 Å². The van der Waals surface area contributed by atoms with E-state index in [2.05, 4.69) is 0 Å². The largest absolute Gasteiger partial charge is 0.497 e. The Hall–Kier alpha value is -4.24. The summed E-state index contributed by atoms with van der Waals surface area (Å²) in [7, 11) is 4.64. The van der Waals surface area contributed by atoms with Gasteiger partial charge in [-0.3, -0.25) is 9.59 Å². The van der Waals surface area contributed by atoms with Crippen molar-refractivity contribution in [2.24, 2.45) is 5.10 Å². The molecule has 0 fully saturated rings. The van der Waals surface area contributed by atoms with Gasteiger partial charge in [0.2, 0.25) is 0 Å². The molecule has 0 aliphatic carbocycles. The van der Waals surface area contributed by atoms with Crippen LogP contribution in [0.25, 0.3) is 0 Å². The van der Waals surface area contributed by atoms with Crippen LogP contribution in [0.5, 0.6) is 11.5 Å². The number of aryl methyl sites for hydroxylation is 1. The van der Waals surface area contributed by atoms with Crippen LogP contribution in [0.4, 0.5) is 4.39 Å². The third-order valence-corrected chi connectivity index (χ3v) is 6.63. The molecule has 0 unspecified atom stereocenters. The standard InChI is InChI=1S/C30H32FN3O5/c1-20-9-11-21(12-10-20)27-18-26(24-14-13-22(38-3)17-28(24)39-4)32-34(27)29(35)19-33(15-16-37-2)30(36)23-7-5-6-8-25(23)31/h5-14,17,27H,15-16,18-19H2,1-4H3/t27-/m1/s1. The first-order valence-electron chi connectivity index (χ1n) is 12.6. The van der Waals surface area contributed by atoms with Crippen molar-refractivity contribution >= 4 is 17.5 Å². The normalized spacial score (nSPS) is 14.6. The molecule has 4 rings (SSSR count). The van der Waals surface area contributed by atoms with E-state index in [0.717, 1.165) is 16.7 Å². The van der Waals surface area contributed by atoms with Crippen molar-refractivity contribution in [1.29, 1.82) is 0 Å². The van der Waals surface area contributed by atoms with Crippen LogP contribution in [0.3, 0.4) is 0 Å². The maximum absolute atomic E-state index is 14.4. The zero-order valence-corrected chi connectivity index (χ0v) is 22.5. The van der Waals surface area contributed by atoms with E-state index in [0.29, 0.717) is 23.6 Å². The molecule has 0 saturated carbocycles. The molecule has 1 heterocycles. The molecule has 0 radical (unpaired) electrons. The number of rotatable bonds is 10. The molecule has 0 aromatic heterocycles. The first-order chi connectivity index (χ1) is 18.9. The fourth-order valence-electron chi connectivity index (χ4n) is 4.48. The Bertz CT molecular complexity index is 1360. The van der Waals surface area contributed by atoms with Crippen molar-refractivity contribution in [3.05, 3.63) is 94.8 Å². The van der Waals surface area contributed by atoms with Crippen molar-refractivity contribution < 1.29 is 28.2 Å². The number of nitrogens with zero attached hydrogens (tertiary/aromatic N) is 3. The average molecular weight is 534 g/mol. The van der Waals surface area contributed by atoms with Crippen LogP contribution in [0, 0.1) is 12.7 Å². The summed E-state index contributed by atoms with van der Waals surface area (Å²) in [4.78, 5) is 28.3. The molecule has 1 aliphatic heterocycles. The van der Waals surface area contributed by atoms with Crippen LogP contribution in [0.15, 0.2) is 71.8 Å². The van der Waals surface area contributed by atoms with Gasteiger partial charge in [-0.2, -0.15) is 5.10 Å². The quantitative estimate of drug-likeness (QED) is 0.380. The third kappa shape index (κ3) is 6.26. The molecule has 0 bridgehead atoms. The third-order valence-electron chi connectivity index (χ3n) is 6.63. The Morgan fingerprint density at radius 1 is 1.03 bits per heavy atom. The van der Waals surface area contributed by atoms with Crippen molar-refractivity contribution in [1.82, 2.24) is 9.91 Å². The first-order valence-corrected chi connectivity index (χ1v) is 12.6. The van der Waals surface area contributed by atoms with Crippen LogP contribution in [-0.2, 0) is 9.53 Å². The van der Waals surface area contributed by atoms with E-state index in [9.17, 15) is 14.0 Å². The number of benzene rings is 3. The number of carbonyl (C=O) groups is 2. The summed E-state index contributed by atoms with van der Waals surface area (Å²) in [5.41, 5.74) is 3.30. The van der Waals surface area contributed by atoms with Gasteiger partial charge in [-0.25, -0.2) is 9.40 Å². The molecule has 204 valence electrons. The summed E-state index contributed by atoms with van der Waals surface area (Å²) >= 11 is 0. The number of hydrogen-bond acceptors (Lipinski definition) is 6. The molecule has 3 aromatic carbocycles. The van der Waals surface area contributed by atoms with Crippen LogP contribution < -0.4 is 9.47 Å². The lowest BCUT2D eigenvalue weighted by atomic mass is 9.97. The summed E-state index contributed by atoms with van der Waals surface area (Å²) in [6, 6.07) is 18.7. The Labute approximate surface area is 227 Å². The van der Waals surface area contributed by atoms with Crippen molar-refractivity contribution in [3.8, 4) is 11.5 Å². The predicted molar refractivity (Wildman–Crippen MR) is 146 cm³/mol. The molecule has 1 aliphatic rings. The van der Waals surface area contributed by atoms with E-state index >= 15 is 0 Å². The lowest BCUT2D eigenvalue weighted by Crippen LogP contribution is -2.43. The summed E-state index contributed by atoms with van der Waals surface area (Å²) in [6.07, 6.45) is 0.441. The molecule has 8 nitrogen and oxygen atoms in total. The second-order valence-corrected chi connectivity index (χ2v) is 9.18. The van der Waals surface area contributed by atoms with Gasteiger partial charge in [0.05, 0.1) is 38.1 Å². The fourth-order valence-corrected chi connectivity index (χ4v) is 4.48. The molecule has 1 atom stereocenters. The Kier molecular flexibility index (Phi) is 8.93. The van der Waals surface area contributed by atoms with E-state index in [4.69, 9.17) is 19.3 Å². The highest BCUT2D eigenvalue weighted by Crippen LogP contribution is 2.36. The first kappa shape index (κ1) is 27.8. The predicted octanol–water partition coefficient (Wildman–Crippen LogP) is 4.62. The molecule has 39 heavy (non-hydrogen) atoms. The summed E-state index contributed by atoms with van der Waals surface area (Å²) in [5.74, 6) is -0.434. The average Bonchev–Trinajstić information content (AvgIpc) is 3.40. The van der Waals surface area contributed by atoms with E-state index in [-0.39, 0.29) is 25.3 Å². The number of amides is 2. The number of ether oxygens (including phenoxy) is 3. The molecule has 0 saturated heterocycles. The maximum atomic E-state index is 14.4. The molecule has 0 N–H and O–H groups in total. The second-order valence-electron chi connectivity index (χ2n) is 9.18. The minimum Gasteiger partial charge on any atom is -0.497 e. The molecular formula is C30H32FN3O5. The van der Waals surface area contributed by atoms with Gasteiger partial charge in [0, 0.05) is 31.7 Å². The van der Waals surface area contributed by atoms with Gasteiger partial charge in [-0.05, 0) is 36.8 Å². The van der Waals surface area contributed by atoms with Crippen LogP contribution >= 0.6 is 0 Å². The van der Waals surface area contributed by atoms with Gasteiger partial charge in [0.1, 0.15) is 23.9 Å². The number of hydrazone groups is 1. The van der Waals surface area contributed by atoms with Gasteiger partial charge in [-0.1, -0.05) is 42.0 Å². The van der Waals surface area contributed by atoms with Crippen LogP contribution in [0.1, 0.15) is 39.5 Å². The smallest absolute Gasteiger partial charge is 0.262 e. The number of carbonyl (C=O) groups excluding carboxylic acids is 2. The Morgan fingerprint density at radius 3 is 2.44 bits per heavy atom. The fraction of sp³-hybridized carbons (Fsp3) is 0.300. The molecular weight excluding hydrogens is 501 g/mol. The zero-order valence-electron chi connectivity index (χ0n) is 22.5. The minimum atomic E-state index is -0.650. The monoisotopic (exact) mass is 533 g/mol. The van der Waals surface area contributed by atoms with E-state index in [1.165, 1.54) is 35.2 Å². The topological polar surface area (TPSA) is 80.7 Å². The highest BCUT2D eigenvalue weighted by molar-refractivity contribution is 6.05. The minimum absolute atomic E-state index is 0.106. The van der Waals surface area contributed by atoms with E-state index in [1.807, 2.05) is 43.3 Å². The van der Waals surface area contributed by atoms with Crippen molar-refractivity contribution in [2.45, 2.75) is 19.4 Å². The van der Waals surface area contributed by atoms with Crippen molar-refractivity contribution in [2.75, 3.05) is 41.0 Å². The summed E-state index contributed by atoms with van der Waals surface area (Å²) in [6.45, 7) is 2.00. The van der Waals surface area contributed by atoms with Gasteiger partial charge >= 0.3 is 0 Å². The molecule has 0 spiro atoms. The van der Waals surface area contributed by atoms with Gasteiger partial charge in [0.25, 0.3) is 11.8 Å². The van der Waals surface area contributed by atoms with Gasteiger partial charge in [-0.15, -0.1) is 0 Å². The molecule has 9 heteroatoms. The number of methoxy groups -OCH3 is 3. The van der Waals surface area contributed by atoms with E-state index in [1.54, 1.807) is 26.4 Å². The summed E-state index contributed by atoms with van der Waals surface area (Å²) < 4.78 is 30.5. The zero-order chi connectivity index (χ0) is 27.9. The lowest BCUT2D eigenvalue weighted by molar-refractivity contribution is -0.133. The second kappa shape index (κ2) is 12.5. The number of hydrogen-bond donors (Lipinski definition) is 0. The van der Waals surface area contributed by atoms with Gasteiger partial charge < -0.3 is 19.1 Å². The SMILES string of the molecule is COCCN(CC(=O)N1N=C(c2ccc(OC)cc2OC)C[C@@H]1c1ccc(C)cc1)C(=O)c1ccccc1F. The maximum Gasteiger partial charge on any atom is 0.262 e. The Balaban J connectivity index is 1.68. The van der Waals surface area contributed by atoms with Crippen molar-refractivity contribution in [3.63, 3.8) is 0 Å². The lowest BCUT2D eigenvalue weighted by Gasteiger charge is -2.27. The number of halogens is 1. The van der Waals surface area contributed by atoms with E-state index < -0.39 is 23.7 Å². The Morgan fingerprint density at radius 2 is 1.77 bits per heavy atom. The highest BCUT2D eigenvalue weighted by atomic mass is 19.1. The van der Waals surface area contributed by atoms with Gasteiger partial charge in [0.15, 0.2) is 0 Å². The summed E-state index contributed by atoms with van der Waals surface area (Å²) in [5, 5.41) is 6.14. The van der Waals surface area contributed by atoms with Crippen LogP contribution in [-0.4, -0.2) is 68.5 Å². The molecule has 2 amide bonds. The highest BCUT2D eigenvalue weighted by Gasteiger charge is 2.35. The molecule has 3 aromatic rings.